The monoisotopic (exact) mass is 265 g/mol. The van der Waals surface area contributed by atoms with Gasteiger partial charge < -0.3 is 5.11 Å². The van der Waals surface area contributed by atoms with Crippen molar-refractivity contribution in [3.8, 4) is 11.3 Å². The smallest absolute Gasteiger partial charge is 0.348 e. The Morgan fingerprint density at radius 2 is 2.22 bits per heavy atom. The van der Waals surface area contributed by atoms with Crippen LogP contribution in [0.3, 0.4) is 0 Å². The van der Waals surface area contributed by atoms with Crippen molar-refractivity contribution in [2.75, 3.05) is 0 Å². The van der Waals surface area contributed by atoms with E-state index in [1.165, 1.54) is 17.4 Å². The molecule has 1 N–H and O–H groups in total. The van der Waals surface area contributed by atoms with E-state index in [0.29, 0.717) is 23.2 Å². The SMILES string of the molecule is CCc1nc(-c2ccc(F)c(C)c2)c(C(=O)O)s1. The van der Waals surface area contributed by atoms with Crippen molar-refractivity contribution in [2.45, 2.75) is 20.3 Å². The second kappa shape index (κ2) is 4.86. The lowest BCUT2D eigenvalue weighted by molar-refractivity contribution is 0.0702. The van der Waals surface area contributed by atoms with Gasteiger partial charge in [-0.05, 0) is 37.1 Å². The van der Waals surface area contributed by atoms with Gasteiger partial charge in [0.15, 0.2) is 0 Å². The molecule has 0 bridgehead atoms. The second-order valence-electron chi connectivity index (χ2n) is 3.91. The van der Waals surface area contributed by atoms with E-state index in [1.807, 2.05) is 6.92 Å². The molecule has 0 radical (unpaired) electrons. The van der Waals surface area contributed by atoms with Crippen molar-refractivity contribution in [1.82, 2.24) is 4.98 Å². The van der Waals surface area contributed by atoms with Crippen molar-refractivity contribution < 1.29 is 14.3 Å². The van der Waals surface area contributed by atoms with Crippen LogP contribution in [-0.2, 0) is 6.42 Å². The standard InChI is InChI=1S/C13H12FNO2S/c1-3-10-15-11(12(18-10)13(16)17)8-4-5-9(14)7(2)6-8/h4-6H,3H2,1-2H3,(H,16,17). The molecule has 1 aromatic carbocycles. The zero-order valence-electron chi connectivity index (χ0n) is 10.0. The van der Waals surface area contributed by atoms with E-state index in [9.17, 15) is 9.18 Å². The predicted octanol–water partition coefficient (Wildman–Crippen LogP) is 3.52. The van der Waals surface area contributed by atoms with E-state index in [0.717, 1.165) is 5.01 Å². The summed E-state index contributed by atoms with van der Waals surface area (Å²) >= 11 is 1.17. The van der Waals surface area contributed by atoms with E-state index in [-0.39, 0.29) is 10.7 Å². The summed E-state index contributed by atoms with van der Waals surface area (Å²) in [5.41, 5.74) is 1.55. The van der Waals surface area contributed by atoms with Crippen molar-refractivity contribution >= 4 is 17.3 Å². The fourth-order valence-electron chi connectivity index (χ4n) is 1.65. The number of halogens is 1. The molecule has 0 saturated heterocycles. The quantitative estimate of drug-likeness (QED) is 0.923. The lowest BCUT2D eigenvalue weighted by Crippen LogP contribution is -1.96. The van der Waals surface area contributed by atoms with E-state index < -0.39 is 5.97 Å². The van der Waals surface area contributed by atoms with Gasteiger partial charge in [-0.25, -0.2) is 14.2 Å². The number of aromatic carboxylic acids is 1. The molecule has 0 unspecified atom stereocenters. The van der Waals surface area contributed by atoms with Crippen LogP contribution >= 0.6 is 11.3 Å². The fraction of sp³-hybridized carbons (Fsp3) is 0.231. The van der Waals surface area contributed by atoms with Crippen LogP contribution < -0.4 is 0 Å². The predicted molar refractivity (Wildman–Crippen MR) is 68.6 cm³/mol. The van der Waals surface area contributed by atoms with Gasteiger partial charge in [-0.1, -0.05) is 6.92 Å². The first-order valence-electron chi connectivity index (χ1n) is 5.52. The third kappa shape index (κ3) is 2.26. The fourth-order valence-corrected chi connectivity index (χ4v) is 2.51. The Balaban J connectivity index is 2.58. The summed E-state index contributed by atoms with van der Waals surface area (Å²) in [5, 5.41) is 9.92. The molecule has 18 heavy (non-hydrogen) atoms. The molecule has 0 fully saturated rings. The Kier molecular flexibility index (Phi) is 3.43. The molecule has 5 heteroatoms. The van der Waals surface area contributed by atoms with Crippen molar-refractivity contribution in [1.29, 1.82) is 0 Å². The number of carboxylic acids is 1. The largest absolute Gasteiger partial charge is 0.477 e. The maximum atomic E-state index is 13.2. The number of aryl methyl sites for hydroxylation is 2. The number of hydrogen-bond donors (Lipinski definition) is 1. The van der Waals surface area contributed by atoms with Gasteiger partial charge in [0.25, 0.3) is 0 Å². The molecule has 0 aliphatic carbocycles. The summed E-state index contributed by atoms with van der Waals surface area (Å²) in [7, 11) is 0. The van der Waals surface area contributed by atoms with Crippen molar-refractivity contribution in [3.63, 3.8) is 0 Å². The Bertz CT molecular complexity index is 607. The number of aromatic nitrogens is 1. The molecule has 2 rings (SSSR count). The van der Waals surface area contributed by atoms with Crippen LogP contribution in [0.1, 0.15) is 27.2 Å². The van der Waals surface area contributed by atoms with Crippen LogP contribution in [-0.4, -0.2) is 16.1 Å². The van der Waals surface area contributed by atoms with Crippen molar-refractivity contribution in [3.05, 3.63) is 39.5 Å². The van der Waals surface area contributed by atoms with Gasteiger partial charge in [0.1, 0.15) is 10.7 Å². The highest BCUT2D eigenvalue weighted by Gasteiger charge is 2.18. The highest BCUT2D eigenvalue weighted by molar-refractivity contribution is 7.14. The lowest BCUT2D eigenvalue weighted by atomic mass is 10.1. The molecular weight excluding hydrogens is 253 g/mol. The summed E-state index contributed by atoms with van der Waals surface area (Å²) < 4.78 is 13.2. The lowest BCUT2D eigenvalue weighted by Gasteiger charge is -2.01. The van der Waals surface area contributed by atoms with Gasteiger partial charge in [-0.15, -0.1) is 11.3 Å². The minimum atomic E-state index is -0.996. The molecule has 2 aromatic rings. The molecule has 0 atom stereocenters. The van der Waals surface area contributed by atoms with Crippen LogP contribution in [0.15, 0.2) is 18.2 Å². The van der Waals surface area contributed by atoms with Crippen LogP contribution in [0, 0.1) is 12.7 Å². The molecule has 0 spiro atoms. The number of carbonyl (C=O) groups is 1. The molecule has 94 valence electrons. The molecule has 0 amide bonds. The number of rotatable bonds is 3. The van der Waals surface area contributed by atoms with Gasteiger partial charge in [0, 0.05) is 5.56 Å². The average Bonchev–Trinajstić information content (AvgIpc) is 2.77. The molecule has 0 aliphatic rings. The minimum absolute atomic E-state index is 0.206. The molecule has 0 saturated carbocycles. The van der Waals surface area contributed by atoms with Gasteiger partial charge in [-0.2, -0.15) is 0 Å². The summed E-state index contributed by atoms with van der Waals surface area (Å²) in [4.78, 5) is 15.7. The highest BCUT2D eigenvalue weighted by Crippen LogP contribution is 2.29. The summed E-state index contributed by atoms with van der Waals surface area (Å²) in [6.45, 7) is 3.57. The molecule has 0 aliphatic heterocycles. The van der Waals surface area contributed by atoms with E-state index >= 15 is 0 Å². The number of nitrogens with zero attached hydrogens (tertiary/aromatic N) is 1. The zero-order valence-corrected chi connectivity index (χ0v) is 10.8. The van der Waals surface area contributed by atoms with E-state index in [2.05, 4.69) is 4.98 Å². The van der Waals surface area contributed by atoms with Gasteiger partial charge >= 0.3 is 5.97 Å². The highest BCUT2D eigenvalue weighted by atomic mass is 32.1. The van der Waals surface area contributed by atoms with Crippen molar-refractivity contribution in [2.24, 2.45) is 0 Å². The van der Waals surface area contributed by atoms with Crippen LogP contribution in [0.5, 0.6) is 0 Å². The first kappa shape index (κ1) is 12.7. The average molecular weight is 265 g/mol. The molecular formula is C13H12FNO2S. The Morgan fingerprint density at radius 1 is 1.50 bits per heavy atom. The molecule has 3 nitrogen and oxygen atoms in total. The summed E-state index contributed by atoms with van der Waals surface area (Å²) in [6.07, 6.45) is 0.686. The third-order valence-electron chi connectivity index (χ3n) is 2.60. The van der Waals surface area contributed by atoms with Gasteiger partial charge in [0.05, 0.1) is 10.7 Å². The zero-order chi connectivity index (χ0) is 13.3. The third-order valence-corrected chi connectivity index (χ3v) is 3.79. The Hall–Kier alpha value is -1.75. The van der Waals surface area contributed by atoms with Crippen LogP contribution in [0.2, 0.25) is 0 Å². The van der Waals surface area contributed by atoms with Gasteiger partial charge in [0.2, 0.25) is 0 Å². The molecule has 1 aromatic heterocycles. The summed E-state index contributed by atoms with van der Waals surface area (Å²) in [6, 6.07) is 4.51. The van der Waals surface area contributed by atoms with E-state index in [4.69, 9.17) is 5.11 Å². The first-order chi connectivity index (χ1) is 8.52. The van der Waals surface area contributed by atoms with Crippen LogP contribution in [0.4, 0.5) is 4.39 Å². The second-order valence-corrected chi connectivity index (χ2v) is 4.99. The van der Waals surface area contributed by atoms with E-state index in [1.54, 1.807) is 19.1 Å². The maximum Gasteiger partial charge on any atom is 0.348 e. The number of carboxylic acid groups (broad SMARTS) is 1. The number of thiazole rings is 1. The Labute approximate surface area is 108 Å². The van der Waals surface area contributed by atoms with Crippen LogP contribution in [0.25, 0.3) is 11.3 Å². The normalized spacial score (nSPS) is 10.6. The number of benzene rings is 1. The topological polar surface area (TPSA) is 50.2 Å². The number of hydrogen-bond acceptors (Lipinski definition) is 3. The molecule has 1 heterocycles. The Morgan fingerprint density at radius 3 is 2.78 bits per heavy atom. The maximum absolute atomic E-state index is 13.2. The minimum Gasteiger partial charge on any atom is -0.477 e. The first-order valence-corrected chi connectivity index (χ1v) is 6.34. The van der Waals surface area contributed by atoms with Gasteiger partial charge in [-0.3, -0.25) is 0 Å². The summed E-state index contributed by atoms with van der Waals surface area (Å²) in [5.74, 6) is -1.30.